The Hall–Kier alpha value is -2.14. The van der Waals surface area contributed by atoms with Gasteiger partial charge in [-0.05, 0) is 24.3 Å². The zero-order valence-electron chi connectivity index (χ0n) is 10.3. The van der Waals surface area contributed by atoms with Gasteiger partial charge in [0.25, 0.3) is 0 Å². The zero-order chi connectivity index (χ0) is 13.9. The van der Waals surface area contributed by atoms with E-state index in [2.05, 4.69) is 21.0 Å². The molecule has 20 heavy (non-hydrogen) atoms. The largest absolute Gasteiger partial charge is 0.296 e. The smallest absolute Gasteiger partial charge is 0.201 e. The molecule has 0 atom stereocenters. The summed E-state index contributed by atoms with van der Waals surface area (Å²) in [6.07, 6.45) is 0. The van der Waals surface area contributed by atoms with E-state index in [1.165, 1.54) is 6.07 Å². The van der Waals surface area contributed by atoms with E-state index < -0.39 is 0 Å². The predicted octanol–water partition coefficient (Wildman–Crippen LogP) is 2.63. The van der Waals surface area contributed by atoms with E-state index in [-0.39, 0.29) is 16.2 Å². The summed E-state index contributed by atoms with van der Waals surface area (Å²) in [5.74, 6) is 0. The van der Waals surface area contributed by atoms with Crippen molar-refractivity contribution in [1.29, 1.82) is 0 Å². The summed E-state index contributed by atoms with van der Waals surface area (Å²) in [6, 6.07) is 10.6. The van der Waals surface area contributed by atoms with Crippen LogP contribution in [0.25, 0.3) is 27.2 Å². The van der Waals surface area contributed by atoms with E-state index in [1.807, 2.05) is 16.6 Å². The summed E-state index contributed by atoms with van der Waals surface area (Å²) in [5.41, 5.74) is 1.98. The minimum absolute atomic E-state index is 0.198. The van der Waals surface area contributed by atoms with Gasteiger partial charge in [0.05, 0.1) is 22.1 Å². The summed E-state index contributed by atoms with van der Waals surface area (Å²) in [5, 5.41) is 5.60. The highest BCUT2D eigenvalue weighted by molar-refractivity contribution is 9.08. The first kappa shape index (κ1) is 11.7. The van der Waals surface area contributed by atoms with Crippen molar-refractivity contribution in [3.8, 4) is 0 Å². The molecule has 2 aromatic carbocycles. The molecule has 98 valence electrons. The lowest BCUT2D eigenvalue weighted by Gasteiger charge is -2.03. The molecule has 0 fully saturated rings. The molecule has 0 saturated heterocycles. The van der Waals surface area contributed by atoms with E-state index in [0.717, 1.165) is 16.6 Å². The second kappa shape index (κ2) is 3.93. The summed E-state index contributed by atoms with van der Waals surface area (Å²) in [6.45, 7) is 0. The minimum Gasteiger partial charge on any atom is -0.296 e. The fourth-order valence-electron chi connectivity index (χ4n) is 2.80. The number of hydrogen-bond donors (Lipinski definition) is 1. The van der Waals surface area contributed by atoms with Gasteiger partial charge in [0.2, 0.25) is 5.43 Å². The Labute approximate surface area is 121 Å². The average Bonchev–Trinajstić information content (AvgIpc) is 2.85. The third-order valence-corrected chi connectivity index (χ3v) is 4.25. The van der Waals surface area contributed by atoms with E-state index in [9.17, 15) is 9.59 Å². The summed E-state index contributed by atoms with van der Waals surface area (Å²) in [4.78, 5) is 24.7. The van der Waals surface area contributed by atoms with Gasteiger partial charge < -0.3 is 0 Å². The van der Waals surface area contributed by atoms with Gasteiger partial charge in [-0.1, -0.05) is 28.1 Å². The Morgan fingerprint density at radius 1 is 1.05 bits per heavy atom. The molecule has 0 amide bonds. The van der Waals surface area contributed by atoms with Gasteiger partial charge in [-0.3, -0.25) is 19.2 Å². The van der Waals surface area contributed by atoms with Gasteiger partial charge in [0.1, 0.15) is 0 Å². The van der Waals surface area contributed by atoms with Crippen molar-refractivity contribution in [3.05, 3.63) is 62.5 Å². The Bertz CT molecular complexity index is 1080. The van der Waals surface area contributed by atoms with Gasteiger partial charge >= 0.3 is 0 Å². The number of halogens is 1. The molecule has 2 aromatic heterocycles. The maximum absolute atomic E-state index is 12.6. The molecule has 0 spiro atoms. The SMILES string of the molecule is O=c1ccc2c(CBr)[nH]n3c4ccccc4c(=O)c1c23. The maximum Gasteiger partial charge on any atom is 0.201 e. The third-order valence-electron chi connectivity index (χ3n) is 3.69. The number of nitrogens with one attached hydrogen (secondary N) is 1. The number of hydrogen-bond acceptors (Lipinski definition) is 2. The van der Waals surface area contributed by atoms with Crippen molar-refractivity contribution in [3.63, 3.8) is 0 Å². The van der Waals surface area contributed by atoms with E-state index >= 15 is 0 Å². The molecule has 4 aromatic rings. The minimum atomic E-state index is -0.231. The number of pyridine rings is 1. The number of H-pyrrole nitrogens is 1. The van der Waals surface area contributed by atoms with Crippen molar-refractivity contribution < 1.29 is 0 Å². The van der Waals surface area contributed by atoms with Gasteiger partial charge in [-0.25, -0.2) is 0 Å². The first-order chi connectivity index (χ1) is 9.72. The fourth-order valence-corrected chi connectivity index (χ4v) is 3.22. The number of nitrogens with zero attached hydrogens (tertiary/aromatic N) is 1. The summed E-state index contributed by atoms with van der Waals surface area (Å²) >= 11 is 3.43. The van der Waals surface area contributed by atoms with Crippen LogP contribution in [-0.4, -0.2) is 9.61 Å². The molecule has 0 radical (unpaired) electrons. The molecular formula is C15H9BrN2O2. The molecule has 0 aliphatic heterocycles. The van der Waals surface area contributed by atoms with Crippen LogP contribution < -0.4 is 10.9 Å². The van der Waals surface area contributed by atoms with E-state index in [0.29, 0.717) is 16.2 Å². The summed E-state index contributed by atoms with van der Waals surface area (Å²) < 4.78 is 1.83. The zero-order valence-corrected chi connectivity index (χ0v) is 11.9. The topological polar surface area (TPSA) is 54.3 Å². The molecule has 2 heterocycles. The number of aromatic amines is 1. The quantitative estimate of drug-likeness (QED) is 0.431. The molecule has 4 nitrogen and oxygen atoms in total. The van der Waals surface area contributed by atoms with Crippen LogP contribution in [0.1, 0.15) is 5.69 Å². The standard InChI is InChI=1S/C15H9BrN2O2/c16-7-10-8-5-6-12(19)13-14(8)18(17-10)11-4-2-1-3-9(11)15(13)20/h1-6,17H,7H2. The lowest BCUT2D eigenvalue weighted by atomic mass is 10.1. The molecule has 0 bridgehead atoms. The van der Waals surface area contributed by atoms with Gasteiger partial charge in [0, 0.05) is 16.1 Å². The molecular weight excluding hydrogens is 320 g/mol. The van der Waals surface area contributed by atoms with E-state index in [1.54, 1.807) is 18.2 Å². The van der Waals surface area contributed by atoms with Crippen LogP contribution >= 0.6 is 15.9 Å². The normalized spacial score (nSPS) is 11.8. The number of aromatic nitrogens is 2. The number of benzene rings is 2. The average molecular weight is 329 g/mol. The Balaban J connectivity index is 2.50. The second-order valence-electron chi connectivity index (χ2n) is 4.74. The van der Waals surface area contributed by atoms with Gasteiger partial charge in [0.15, 0.2) is 5.43 Å². The number of alkyl halides is 1. The van der Waals surface area contributed by atoms with Gasteiger partial charge in [-0.2, -0.15) is 0 Å². The van der Waals surface area contributed by atoms with Crippen molar-refractivity contribution in [2.45, 2.75) is 5.33 Å². The third kappa shape index (κ3) is 1.30. The molecule has 4 rings (SSSR count). The van der Waals surface area contributed by atoms with Crippen molar-refractivity contribution in [2.75, 3.05) is 0 Å². The fraction of sp³-hybridized carbons (Fsp3) is 0.0667. The first-order valence-electron chi connectivity index (χ1n) is 6.19. The number of fused-ring (bicyclic) bond motifs is 2. The molecule has 0 unspecified atom stereocenters. The molecule has 5 heteroatoms. The van der Waals surface area contributed by atoms with Crippen LogP contribution in [0.4, 0.5) is 0 Å². The van der Waals surface area contributed by atoms with Crippen molar-refractivity contribution in [2.24, 2.45) is 0 Å². The number of rotatable bonds is 1. The van der Waals surface area contributed by atoms with E-state index in [4.69, 9.17) is 0 Å². The Kier molecular flexibility index (Phi) is 2.29. The lowest BCUT2D eigenvalue weighted by molar-refractivity contribution is 0.970. The van der Waals surface area contributed by atoms with Crippen LogP contribution in [0.3, 0.4) is 0 Å². The molecule has 0 saturated carbocycles. The highest BCUT2D eigenvalue weighted by Gasteiger charge is 2.17. The molecule has 0 aliphatic rings. The Morgan fingerprint density at radius 2 is 1.85 bits per heavy atom. The highest BCUT2D eigenvalue weighted by atomic mass is 79.9. The molecule has 1 N–H and O–H groups in total. The van der Waals surface area contributed by atoms with Crippen molar-refractivity contribution >= 4 is 43.1 Å². The molecule has 0 aliphatic carbocycles. The van der Waals surface area contributed by atoms with Crippen LogP contribution in [0.15, 0.2) is 46.0 Å². The summed E-state index contributed by atoms with van der Waals surface area (Å²) in [7, 11) is 0. The van der Waals surface area contributed by atoms with Crippen LogP contribution in [0, 0.1) is 0 Å². The maximum atomic E-state index is 12.6. The van der Waals surface area contributed by atoms with Crippen LogP contribution in [0.5, 0.6) is 0 Å². The van der Waals surface area contributed by atoms with Gasteiger partial charge in [-0.15, -0.1) is 0 Å². The second-order valence-corrected chi connectivity index (χ2v) is 5.30. The Morgan fingerprint density at radius 3 is 2.65 bits per heavy atom. The predicted molar refractivity (Wildman–Crippen MR) is 83.1 cm³/mol. The number of para-hydroxylation sites is 1. The van der Waals surface area contributed by atoms with Crippen LogP contribution in [-0.2, 0) is 5.33 Å². The highest BCUT2D eigenvalue weighted by Crippen LogP contribution is 2.25. The first-order valence-corrected chi connectivity index (χ1v) is 7.31. The van der Waals surface area contributed by atoms with Crippen molar-refractivity contribution in [1.82, 2.24) is 9.61 Å². The lowest BCUT2D eigenvalue weighted by Crippen LogP contribution is -2.15. The monoisotopic (exact) mass is 328 g/mol. The van der Waals surface area contributed by atoms with Crippen LogP contribution in [0.2, 0.25) is 0 Å².